The summed E-state index contributed by atoms with van der Waals surface area (Å²) < 4.78 is 0. The van der Waals surface area contributed by atoms with Crippen LogP contribution < -0.4 is 0 Å². The molecule has 1 unspecified atom stereocenters. The first kappa shape index (κ1) is 10.2. The van der Waals surface area contributed by atoms with Gasteiger partial charge in [0.15, 0.2) is 6.10 Å². The minimum absolute atomic E-state index is 0.834. The van der Waals surface area contributed by atoms with E-state index in [4.69, 9.17) is 10.2 Å². The predicted octanol–water partition coefficient (Wildman–Crippen LogP) is 1.18. The minimum atomic E-state index is -1.34. The van der Waals surface area contributed by atoms with Crippen molar-refractivity contribution in [2.75, 3.05) is 0 Å². The van der Waals surface area contributed by atoms with E-state index in [-0.39, 0.29) is 0 Å². The number of carboxylic acids is 1. The summed E-state index contributed by atoms with van der Waals surface area (Å²) in [5, 5.41) is 17.0. The molecule has 0 aliphatic heterocycles. The van der Waals surface area contributed by atoms with Crippen LogP contribution in [-0.2, 0) is 4.79 Å². The van der Waals surface area contributed by atoms with E-state index in [1.54, 1.807) is 6.08 Å². The average molecular weight is 158 g/mol. The highest BCUT2D eigenvalue weighted by Gasteiger charge is 2.06. The van der Waals surface area contributed by atoms with Gasteiger partial charge in [-0.2, -0.15) is 0 Å². The van der Waals surface area contributed by atoms with Crippen LogP contribution in [0.5, 0.6) is 0 Å². The van der Waals surface area contributed by atoms with Crippen LogP contribution in [0.3, 0.4) is 0 Å². The average Bonchev–Trinajstić information content (AvgIpc) is 1.97. The highest BCUT2D eigenvalue weighted by molar-refractivity contribution is 5.74. The molecular formula is C8H14O3. The van der Waals surface area contributed by atoms with Gasteiger partial charge in [0.05, 0.1) is 0 Å². The molecule has 0 spiro atoms. The third kappa shape index (κ3) is 5.61. The van der Waals surface area contributed by atoms with Gasteiger partial charge < -0.3 is 10.2 Å². The van der Waals surface area contributed by atoms with E-state index in [0.29, 0.717) is 0 Å². The van der Waals surface area contributed by atoms with Crippen molar-refractivity contribution in [1.82, 2.24) is 0 Å². The summed E-state index contributed by atoms with van der Waals surface area (Å²) in [7, 11) is 0. The molecule has 0 radical (unpaired) electrons. The first-order valence-corrected chi connectivity index (χ1v) is 3.76. The lowest BCUT2D eigenvalue weighted by Gasteiger charge is -1.95. The topological polar surface area (TPSA) is 57.5 Å². The van der Waals surface area contributed by atoms with E-state index in [1.807, 2.05) is 0 Å². The van der Waals surface area contributed by atoms with Crippen molar-refractivity contribution in [3.8, 4) is 0 Å². The standard InChI is InChI=1S/C8H14O3/c1-2-3-4-5-6-7(9)8(10)11/h5-7,9H,2-4H2,1H3,(H,10,11). The number of aliphatic hydroxyl groups excluding tert-OH is 1. The SMILES string of the molecule is CCCCC=CC(O)C(=O)O. The Hall–Kier alpha value is -0.830. The second-order valence-electron chi connectivity index (χ2n) is 2.35. The molecule has 11 heavy (non-hydrogen) atoms. The first-order valence-electron chi connectivity index (χ1n) is 3.76. The van der Waals surface area contributed by atoms with Crippen LogP contribution in [0.2, 0.25) is 0 Å². The molecule has 64 valence electrons. The van der Waals surface area contributed by atoms with Crippen molar-refractivity contribution in [3.63, 3.8) is 0 Å². The maximum atomic E-state index is 10.1. The summed E-state index contributed by atoms with van der Waals surface area (Å²) in [4.78, 5) is 10.1. The smallest absolute Gasteiger partial charge is 0.336 e. The molecule has 0 aliphatic rings. The van der Waals surface area contributed by atoms with Crippen molar-refractivity contribution in [2.24, 2.45) is 0 Å². The van der Waals surface area contributed by atoms with Crippen molar-refractivity contribution in [1.29, 1.82) is 0 Å². The van der Waals surface area contributed by atoms with E-state index in [9.17, 15) is 4.79 Å². The maximum absolute atomic E-state index is 10.1. The van der Waals surface area contributed by atoms with Crippen molar-refractivity contribution < 1.29 is 15.0 Å². The number of aliphatic hydroxyl groups is 1. The van der Waals surface area contributed by atoms with E-state index >= 15 is 0 Å². The predicted molar refractivity (Wildman–Crippen MR) is 42.3 cm³/mol. The minimum Gasteiger partial charge on any atom is -0.479 e. The fourth-order valence-electron chi connectivity index (χ4n) is 0.629. The molecule has 0 rings (SSSR count). The number of allylic oxidation sites excluding steroid dienone is 1. The van der Waals surface area contributed by atoms with E-state index in [0.717, 1.165) is 19.3 Å². The fourth-order valence-corrected chi connectivity index (χ4v) is 0.629. The molecule has 3 nitrogen and oxygen atoms in total. The van der Waals surface area contributed by atoms with Crippen LogP contribution in [0.25, 0.3) is 0 Å². The number of carboxylic acid groups (broad SMARTS) is 1. The fraction of sp³-hybridized carbons (Fsp3) is 0.625. The molecule has 0 heterocycles. The van der Waals surface area contributed by atoms with Crippen LogP contribution in [0.4, 0.5) is 0 Å². The molecule has 0 amide bonds. The largest absolute Gasteiger partial charge is 0.479 e. The zero-order valence-electron chi connectivity index (χ0n) is 6.66. The highest BCUT2D eigenvalue weighted by Crippen LogP contribution is 1.96. The molecule has 0 saturated carbocycles. The Kier molecular flexibility index (Phi) is 5.47. The van der Waals surface area contributed by atoms with Gasteiger partial charge in [0.1, 0.15) is 0 Å². The third-order valence-corrected chi connectivity index (χ3v) is 1.30. The summed E-state index contributed by atoms with van der Waals surface area (Å²) in [5.74, 6) is -1.20. The van der Waals surface area contributed by atoms with Gasteiger partial charge in [-0.15, -0.1) is 0 Å². The van der Waals surface area contributed by atoms with Gasteiger partial charge in [0.25, 0.3) is 0 Å². The van der Waals surface area contributed by atoms with Gasteiger partial charge in [-0.3, -0.25) is 0 Å². The number of unbranched alkanes of at least 4 members (excludes halogenated alkanes) is 2. The van der Waals surface area contributed by atoms with Crippen LogP contribution in [-0.4, -0.2) is 22.3 Å². The number of aliphatic carboxylic acids is 1. The zero-order valence-corrected chi connectivity index (χ0v) is 6.66. The van der Waals surface area contributed by atoms with Crippen LogP contribution in [0.1, 0.15) is 26.2 Å². The Bertz CT molecular complexity index is 140. The summed E-state index contributed by atoms with van der Waals surface area (Å²) in [6, 6.07) is 0. The lowest BCUT2D eigenvalue weighted by molar-refractivity contribution is -0.144. The maximum Gasteiger partial charge on any atom is 0.336 e. The number of hydrogen-bond acceptors (Lipinski definition) is 2. The molecule has 3 heteroatoms. The van der Waals surface area contributed by atoms with Gasteiger partial charge in [0, 0.05) is 0 Å². The Morgan fingerprint density at radius 1 is 1.64 bits per heavy atom. The zero-order chi connectivity index (χ0) is 8.69. The van der Waals surface area contributed by atoms with Crippen molar-refractivity contribution >= 4 is 5.97 Å². The number of rotatable bonds is 5. The Morgan fingerprint density at radius 3 is 2.73 bits per heavy atom. The van der Waals surface area contributed by atoms with Crippen molar-refractivity contribution in [2.45, 2.75) is 32.3 Å². The van der Waals surface area contributed by atoms with Gasteiger partial charge in [-0.1, -0.05) is 25.8 Å². The monoisotopic (exact) mass is 158 g/mol. The molecular weight excluding hydrogens is 144 g/mol. The van der Waals surface area contributed by atoms with Gasteiger partial charge in [0.2, 0.25) is 0 Å². The van der Waals surface area contributed by atoms with Crippen molar-refractivity contribution in [3.05, 3.63) is 12.2 Å². The molecule has 0 saturated heterocycles. The Labute approximate surface area is 66.4 Å². The quantitative estimate of drug-likeness (QED) is 0.466. The van der Waals surface area contributed by atoms with Crippen LogP contribution in [0, 0.1) is 0 Å². The molecule has 0 aliphatic carbocycles. The number of carbonyl (C=O) groups is 1. The Morgan fingerprint density at radius 2 is 2.27 bits per heavy atom. The molecule has 0 aromatic carbocycles. The molecule has 0 aromatic rings. The second-order valence-corrected chi connectivity index (χ2v) is 2.35. The van der Waals surface area contributed by atoms with E-state index in [2.05, 4.69) is 6.92 Å². The van der Waals surface area contributed by atoms with Crippen LogP contribution in [0.15, 0.2) is 12.2 Å². The lowest BCUT2D eigenvalue weighted by Crippen LogP contribution is -2.15. The summed E-state index contributed by atoms with van der Waals surface area (Å²) in [6.45, 7) is 2.06. The lowest BCUT2D eigenvalue weighted by atomic mass is 10.2. The van der Waals surface area contributed by atoms with Gasteiger partial charge in [-0.25, -0.2) is 4.79 Å². The van der Waals surface area contributed by atoms with E-state index < -0.39 is 12.1 Å². The molecule has 0 bridgehead atoms. The molecule has 1 atom stereocenters. The molecule has 0 aromatic heterocycles. The van der Waals surface area contributed by atoms with Gasteiger partial charge in [-0.05, 0) is 12.5 Å². The molecule has 0 fully saturated rings. The Balaban J connectivity index is 3.48. The normalized spacial score (nSPS) is 13.6. The van der Waals surface area contributed by atoms with Crippen LogP contribution >= 0.6 is 0 Å². The number of hydrogen-bond donors (Lipinski definition) is 2. The summed E-state index contributed by atoms with van der Waals surface area (Å²) in [6.07, 6.45) is 4.60. The summed E-state index contributed by atoms with van der Waals surface area (Å²) >= 11 is 0. The third-order valence-electron chi connectivity index (χ3n) is 1.30. The molecule has 2 N–H and O–H groups in total. The first-order chi connectivity index (χ1) is 5.18. The second kappa shape index (κ2) is 5.92. The summed E-state index contributed by atoms with van der Waals surface area (Å²) in [5.41, 5.74) is 0. The highest BCUT2D eigenvalue weighted by atomic mass is 16.4. The van der Waals surface area contributed by atoms with E-state index in [1.165, 1.54) is 6.08 Å². The van der Waals surface area contributed by atoms with Gasteiger partial charge >= 0.3 is 5.97 Å².